The van der Waals surface area contributed by atoms with Gasteiger partial charge in [0.05, 0.1) is 25.0 Å². The second-order valence-corrected chi connectivity index (χ2v) is 3.46. The van der Waals surface area contributed by atoms with Crippen LogP contribution in [-0.2, 0) is 0 Å². The summed E-state index contributed by atoms with van der Waals surface area (Å²) < 4.78 is 12.7. The average molecular weight is 192 g/mol. The minimum Gasteiger partial charge on any atom is -0.364 e. The first kappa shape index (κ1) is 7.73. The van der Waals surface area contributed by atoms with E-state index in [4.69, 9.17) is 0 Å². The second-order valence-electron chi connectivity index (χ2n) is 3.46. The number of nitrogens with zero attached hydrogens (tertiary/aromatic N) is 3. The van der Waals surface area contributed by atoms with Crippen LogP contribution in [0, 0.1) is 0 Å². The first-order valence-electron chi connectivity index (χ1n) is 4.52. The van der Waals surface area contributed by atoms with Gasteiger partial charge in [0.2, 0.25) is 0 Å². The fourth-order valence-electron chi connectivity index (χ4n) is 1.72. The minimum absolute atomic E-state index is 0.470. The Hall–Kier alpha value is -1.65. The van der Waals surface area contributed by atoms with Crippen molar-refractivity contribution in [1.82, 2.24) is 15.2 Å². The lowest BCUT2D eigenvalue weighted by molar-refractivity contribution is 0.275. The standard InChI is InChI=1S/C9H9FN4/c10-6-4-14(5-6)8-1-2-11-7-3-12-13-9(7)8/h1-3,6H,4-5H2,(H,12,13). The predicted molar refractivity (Wildman–Crippen MR) is 51.0 cm³/mol. The number of aromatic amines is 1. The van der Waals surface area contributed by atoms with E-state index in [1.54, 1.807) is 12.4 Å². The molecule has 0 amide bonds. The summed E-state index contributed by atoms with van der Waals surface area (Å²) >= 11 is 0. The van der Waals surface area contributed by atoms with Crippen molar-refractivity contribution in [3.8, 4) is 0 Å². The summed E-state index contributed by atoms with van der Waals surface area (Å²) in [6, 6.07) is 1.88. The fourth-order valence-corrected chi connectivity index (χ4v) is 1.72. The van der Waals surface area contributed by atoms with Crippen LogP contribution >= 0.6 is 0 Å². The van der Waals surface area contributed by atoms with E-state index in [0.29, 0.717) is 13.1 Å². The maximum Gasteiger partial charge on any atom is 0.135 e. The van der Waals surface area contributed by atoms with Gasteiger partial charge in [0.1, 0.15) is 17.2 Å². The van der Waals surface area contributed by atoms with Gasteiger partial charge in [0.25, 0.3) is 0 Å². The van der Waals surface area contributed by atoms with Gasteiger partial charge in [-0.25, -0.2) is 4.39 Å². The van der Waals surface area contributed by atoms with Crippen molar-refractivity contribution in [1.29, 1.82) is 0 Å². The maximum atomic E-state index is 12.7. The van der Waals surface area contributed by atoms with Gasteiger partial charge in [-0.1, -0.05) is 0 Å². The summed E-state index contributed by atoms with van der Waals surface area (Å²) in [6.07, 6.45) is 2.70. The largest absolute Gasteiger partial charge is 0.364 e. The number of nitrogens with one attached hydrogen (secondary N) is 1. The monoisotopic (exact) mass is 192 g/mol. The van der Waals surface area contributed by atoms with Crippen molar-refractivity contribution in [2.24, 2.45) is 0 Å². The molecule has 1 aliphatic heterocycles. The third-order valence-corrected chi connectivity index (χ3v) is 2.50. The number of H-pyrrole nitrogens is 1. The molecule has 0 aliphatic carbocycles. The molecular weight excluding hydrogens is 183 g/mol. The molecule has 1 N–H and O–H groups in total. The van der Waals surface area contributed by atoms with Crippen LogP contribution in [0.5, 0.6) is 0 Å². The number of fused-ring (bicyclic) bond motifs is 1. The first-order valence-corrected chi connectivity index (χ1v) is 4.52. The molecule has 2 aromatic heterocycles. The molecule has 14 heavy (non-hydrogen) atoms. The molecule has 0 saturated carbocycles. The van der Waals surface area contributed by atoms with Crippen LogP contribution in [0.1, 0.15) is 0 Å². The van der Waals surface area contributed by atoms with Gasteiger partial charge in [-0.05, 0) is 6.07 Å². The summed E-state index contributed by atoms with van der Waals surface area (Å²) in [7, 11) is 0. The van der Waals surface area contributed by atoms with Crippen LogP contribution in [0.3, 0.4) is 0 Å². The topological polar surface area (TPSA) is 44.8 Å². The number of hydrogen-bond donors (Lipinski definition) is 1. The molecule has 1 saturated heterocycles. The maximum absolute atomic E-state index is 12.7. The van der Waals surface area contributed by atoms with Crippen LogP contribution in [0.15, 0.2) is 18.5 Å². The molecule has 2 aromatic rings. The Morgan fingerprint density at radius 3 is 3.14 bits per heavy atom. The molecule has 0 atom stereocenters. The van der Waals surface area contributed by atoms with Gasteiger partial charge in [-0.2, -0.15) is 5.10 Å². The molecule has 0 bridgehead atoms. The van der Waals surface area contributed by atoms with Crippen molar-refractivity contribution in [2.75, 3.05) is 18.0 Å². The zero-order valence-corrected chi connectivity index (χ0v) is 7.44. The van der Waals surface area contributed by atoms with Crippen LogP contribution in [0.4, 0.5) is 10.1 Å². The highest BCUT2D eigenvalue weighted by Crippen LogP contribution is 2.27. The van der Waals surface area contributed by atoms with E-state index in [0.717, 1.165) is 16.7 Å². The molecule has 3 heterocycles. The molecule has 1 fully saturated rings. The van der Waals surface area contributed by atoms with Crippen LogP contribution in [0.2, 0.25) is 0 Å². The number of aromatic nitrogens is 3. The Balaban J connectivity index is 2.07. The van der Waals surface area contributed by atoms with Crippen molar-refractivity contribution >= 4 is 16.7 Å². The Labute approximate surface area is 79.7 Å². The number of halogens is 1. The Morgan fingerprint density at radius 1 is 1.50 bits per heavy atom. The summed E-state index contributed by atoms with van der Waals surface area (Å²) in [4.78, 5) is 6.13. The fraction of sp³-hybridized carbons (Fsp3) is 0.333. The van der Waals surface area contributed by atoms with Crippen LogP contribution in [-0.4, -0.2) is 34.4 Å². The van der Waals surface area contributed by atoms with Crippen LogP contribution < -0.4 is 4.90 Å². The van der Waals surface area contributed by atoms with E-state index in [9.17, 15) is 4.39 Å². The Morgan fingerprint density at radius 2 is 2.36 bits per heavy atom. The Kier molecular flexibility index (Phi) is 1.47. The second kappa shape index (κ2) is 2.67. The summed E-state index contributed by atoms with van der Waals surface area (Å²) in [5, 5.41) is 6.79. The predicted octanol–water partition coefficient (Wildman–Crippen LogP) is 1.12. The summed E-state index contributed by atoms with van der Waals surface area (Å²) in [5.74, 6) is 0. The van der Waals surface area contributed by atoms with Crippen molar-refractivity contribution in [3.05, 3.63) is 18.5 Å². The number of rotatable bonds is 1. The highest BCUT2D eigenvalue weighted by atomic mass is 19.1. The van der Waals surface area contributed by atoms with E-state index in [2.05, 4.69) is 15.2 Å². The van der Waals surface area contributed by atoms with E-state index >= 15 is 0 Å². The smallest absolute Gasteiger partial charge is 0.135 e. The minimum atomic E-state index is -0.693. The molecule has 0 aromatic carbocycles. The number of pyridine rings is 1. The van der Waals surface area contributed by atoms with E-state index in [1.165, 1.54) is 0 Å². The number of alkyl halides is 1. The molecule has 0 spiro atoms. The third-order valence-electron chi connectivity index (χ3n) is 2.50. The van der Waals surface area contributed by atoms with Crippen molar-refractivity contribution in [3.63, 3.8) is 0 Å². The zero-order valence-electron chi connectivity index (χ0n) is 7.44. The van der Waals surface area contributed by atoms with Gasteiger partial charge in [0.15, 0.2) is 0 Å². The summed E-state index contributed by atoms with van der Waals surface area (Å²) in [6.45, 7) is 0.941. The normalized spacial score (nSPS) is 17.4. The number of anilines is 1. The summed E-state index contributed by atoms with van der Waals surface area (Å²) in [5.41, 5.74) is 2.70. The van der Waals surface area contributed by atoms with Crippen molar-refractivity contribution < 1.29 is 4.39 Å². The van der Waals surface area contributed by atoms with Gasteiger partial charge in [-0.3, -0.25) is 10.1 Å². The van der Waals surface area contributed by atoms with Crippen molar-refractivity contribution in [2.45, 2.75) is 6.17 Å². The average Bonchev–Trinajstić information content (AvgIpc) is 2.60. The highest BCUT2D eigenvalue weighted by Gasteiger charge is 2.27. The lowest BCUT2D eigenvalue weighted by Crippen LogP contribution is -2.48. The molecule has 0 unspecified atom stereocenters. The molecule has 5 heteroatoms. The van der Waals surface area contributed by atoms with Gasteiger partial charge in [0, 0.05) is 6.20 Å². The molecule has 72 valence electrons. The quantitative estimate of drug-likeness (QED) is 0.736. The van der Waals surface area contributed by atoms with E-state index < -0.39 is 6.17 Å². The molecule has 4 nitrogen and oxygen atoms in total. The third kappa shape index (κ3) is 0.982. The SMILES string of the molecule is FC1CN(c2ccnc3cn[nH]c23)C1. The van der Waals surface area contributed by atoms with E-state index in [-0.39, 0.29) is 0 Å². The van der Waals surface area contributed by atoms with E-state index in [1.807, 2.05) is 11.0 Å². The first-order chi connectivity index (χ1) is 6.84. The lowest BCUT2D eigenvalue weighted by atomic mass is 10.1. The highest BCUT2D eigenvalue weighted by molar-refractivity contribution is 5.87. The Bertz CT molecular complexity index is 461. The lowest BCUT2D eigenvalue weighted by Gasteiger charge is -2.36. The van der Waals surface area contributed by atoms with Gasteiger partial charge in [-0.15, -0.1) is 0 Å². The van der Waals surface area contributed by atoms with Gasteiger partial charge >= 0.3 is 0 Å². The molecule has 1 aliphatic rings. The molecule has 0 radical (unpaired) electrons. The van der Waals surface area contributed by atoms with Gasteiger partial charge < -0.3 is 4.90 Å². The molecular formula is C9H9FN4. The van der Waals surface area contributed by atoms with Crippen LogP contribution in [0.25, 0.3) is 11.0 Å². The number of hydrogen-bond acceptors (Lipinski definition) is 3. The zero-order chi connectivity index (χ0) is 9.54. The molecule has 3 rings (SSSR count).